The van der Waals surface area contributed by atoms with Gasteiger partial charge in [-0.3, -0.25) is 0 Å². The van der Waals surface area contributed by atoms with Gasteiger partial charge >= 0.3 is 0 Å². The van der Waals surface area contributed by atoms with Gasteiger partial charge in [0.05, 0.1) is 18.1 Å². The van der Waals surface area contributed by atoms with Crippen LogP contribution < -0.4 is 10.1 Å². The number of benzene rings is 1. The second-order valence-corrected chi connectivity index (χ2v) is 9.27. The molecule has 2 aliphatic rings. The summed E-state index contributed by atoms with van der Waals surface area (Å²) in [5.41, 5.74) is 0.107. The van der Waals surface area contributed by atoms with Gasteiger partial charge in [-0.25, -0.2) is 8.42 Å². The predicted molar refractivity (Wildman–Crippen MR) is 86.3 cm³/mol. The lowest BCUT2D eigenvalue weighted by Crippen LogP contribution is -2.58. The third kappa shape index (κ3) is 3.43. The van der Waals surface area contributed by atoms with Gasteiger partial charge in [-0.2, -0.15) is 0 Å². The third-order valence-corrected chi connectivity index (χ3v) is 6.98. The molecule has 2 aliphatic heterocycles. The van der Waals surface area contributed by atoms with E-state index < -0.39 is 9.84 Å². The zero-order chi connectivity index (χ0) is 14.9. The molecule has 116 valence electrons. The SMILES string of the molecule is O=S1(=O)CCC(C2(CCOc3cccc(Br)c3)CNC2)C1. The van der Waals surface area contributed by atoms with E-state index >= 15 is 0 Å². The lowest BCUT2D eigenvalue weighted by molar-refractivity contribution is 0.0615. The van der Waals surface area contributed by atoms with Crippen LogP contribution in [0, 0.1) is 11.3 Å². The quantitative estimate of drug-likeness (QED) is 0.859. The van der Waals surface area contributed by atoms with Gasteiger partial charge in [-0.05, 0) is 37.0 Å². The predicted octanol–water partition coefficient (Wildman–Crippen LogP) is 2.24. The van der Waals surface area contributed by atoms with E-state index in [2.05, 4.69) is 21.2 Å². The van der Waals surface area contributed by atoms with Gasteiger partial charge in [0, 0.05) is 23.0 Å². The Kier molecular flexibility index (Phi) is 4.30. The summed E-state index contributed by atoms with van der Waals surface area (Å²) in [4.78, 5) is 0. The van der Waals surface area contributed by atoms with Crippen molar-refractivity contribution in [3.8, 4) is 5.75 Å². The lowest BCUT2D eigenvalue weighted by Gasteiger charge is -2.47. The monoisotopic (exact) mass is 373 g/mol. The fourth-order valence-corrected chi connectivity index (χ4v) is 5.64. The Balaban J connectivity index is 1.58. The van der Waals surface area contributed by atoms with Crippen LogP contribution in [-0.2, 0) is 9.84 Å². The lowest BCUT2D eigenvalue weighted by atomic mass is 9.68. The molecular weight excluding hydrogens is 354 g/mol. The first-order chi connectivity index (χ1) is 9.99. The highest BCUT2D eigenvalue weighted by Gasteiger charge is 2.48. The minimum absolute atomic E-state index is 0.107. The maximum atomic E-state index is 11.7. The molecule has 0 spiro atoms. The largest absolute Gasteiger partial charge is 0.494 e. The third-order valence-electron chi connectivity index (χ3n) is 4.72. The van der Waals surface area contributed by atoms with Crippen LogP contribution in [0.5, 0.6) is 5.75 Å². The van der Waals surface area contributed by atoms with Gasteiger partial charge in [0.1, 0.15) is 5.75 Å². The maximum Gasteiger partial charge on any atom is 0.150 e. The van der Waals surface area contributed by atoms with Gasteiger partial charge in [-0.1, -0.05) is 22.0 Å². The molecule has 2 saturated heterocycles. The normalized spacial score (nSPS) is 26.2. The van der Waals surface area contributed by atoms with Crippen molar-refractivity contribution in [3.05, 3.63) is 28.7 Å². The number of nitrogens with one attached hydrogen (secondary N) is 1. The molecule has 6 heteroatoms. The van der Waals surface area contributed by atoms with E-state index in [0.717, 1.165) is 36.2 Å². The van der Waals surface area contributed by atoms with Gasteiger partial charge in [-0.15, -0.1) is 0 Å². The number of rotatable bonds is 5. The van der Waals surface area contributed by atoms with Crippen LogP contribution in [0.1, 0.15) is 12.8 Å². The molecule has 3 rings (SSSR count). The zero-order valence-corrected chi connectivity index (χ0v) is 14.2. The molecular formula is C15H20BrNO3S. The molecule has 0 radical (unpaired) electrons. The highest BCUT2D eigenvalue weighted by Crippen LogP contribution is 2.42. The Hall–Kier alpha value is -0.590. The van der Waals surface area contributed by atoms with Crippen molar-refractivity contribution in [2.45, 2.75) is 12.8 Å². The highest BCUT2D eigenvalue weighted by molar-refractivity contribution is 9.10. The van der Waals surface area contributed by atoms with Crippen molar-refractivity contribution < 1.29 is 13.2 Å². The summed E-state index contributed by atoms with van der Waals surface area (Å²) in [5.74, 6) is 1.85. The topological polar surface area (TPSA) is 55.4 Å². The van der Waals surface area contributed by atoms with Crippen LogP contribution in [0.4, 0.5) is 0 Å². The molecule has 0 amide bonds. The maximum absolute atomic E-state index is 11.7. The van der Waals surface area contributed by atoms with E-state index in [0.29, 0.717) is 18.1 Å². The molecule has 1 aromatic rings. The molecule has 1 atom stereocenters. The zero-order valence-electron chi connectivity index (χ0n) is 11.8. The minimum atomic E-state index is -2.81. The fraction of sp³-hybridized carbons (Fsp3) is 0.600. The van der Waals surface area contributed by atoms with Crippen LogP contribution in [0.25, 0.3) is 0 Å². The van der Waals surface area contributed by atoms with Gasteiger partial charge in [0.15, 0.2) is 9.84 Å². The summed E-state index contributed by atoms with van der Waals surface area (Å²) in [7, 11) is -2.81. The number of ether oxygens (including phenoxy) is 1. The van der Waals surface area contributed by atoms with Crippen molar-refractivity contribution in [1.29, 1.82) is 0 Å². The van der Waals surface area contributed by atoms with Crippen molar-refractivity contribution in [2.75, 3.05) is 31.2 Å². The molecule has 2 heterocycles. The molecule has 21 heavy (non-hydrogen) atoms. The Labute approximate surface area is 134 Å². The molecule has 4 nitrogen and oxygen atoms in total. The van der Waals surface area contributed by atoms with Gasteiger partial charge in [0.2, 0.25) is 0 Å². The van der Waals surface area contributed by atoms with Crippen molar-refractivity contribution in [2.24, 2.45) is 11.3 Å². The Morgan fingerprint density at radius 3 is 2.76 bits per heavy atom. The smallest absolute Gasteiger partial charge is 0.150 e. The average molecular weight is 374 g/mol. The Bertz CT molecular complexity index is 613. The van der Waals surface area contributed by atoms with E-state index in [1.807, 2.05) is 24.3 Å². The van der Waals surface area contributed by atoms with Crippen LogP contribution in [0.3, 0.4) is 0 Å². The molecule has 0 aromatic heterocycles. The van der Waals surface area contributed by atoms with Crippen LogP contribution >= 0.6 is 15.9 Å². The second-order valence-electron chi connectivity index (χ2n) is 6.12. The van der Waals surface area contributed by atoms with E-state index in [-0.39, 0.29) is 11.3 Å². The number of hydrogen-bond donors (Lipinski definition) is 1. The number of sulfone groups is 1. The molecule has 0 saturated carbocycles. The second kappa shape index (κ2) is 5.89. The summed E-state index contributed by atoms with van der Waals surface area (Å²) < 4.78 is 30.2. The van der Waals surface area contributed by atoms with E-state index in [1.165, 1.54) is 0 Å². The molecule has 2 fully saturated rings. The van der Waals surface area contributed by atoms with Crippen molar-refractivity contribution >= 4 is 25.8 Å². The van der Waals surface area contributed by atoms with Gasteiger partial charge < -0.3 is 10.1 Å². The summed E-state index contributed by atoms with van der Waals surface area (Å²) in [5, 5.41) is 3.31. The van der Waals surface area contributed by atoms with Crippen molar-refractivity contribution in [1.82, 2.24) is 5.32 Å². The van der Waals surface area contributed by atoms with E-state index in [9.17, 15) is 8.42 Å². The van der Waals surface area contributed by atoms with Crippen molar-refractivity contribution in [3.63, 3.8) is 0 Å². The number of halogens is 1. The summed E-state index contributed by atoms with van der Waals surface area (Å²) in [6.07, 6.45) is 1.72. The summed E-state index contributed by atoms with van der Waals surface area (Å²) >= 11 is 3.43. The molecule has 0 aliphatic carbocycles. The molecule has 1 aromatic carbocycles. The molecule has 1 unspecified atom stereocenters. The average Bonchev–Trinajstić information content (AvgIpc) is 2.73. The first-order valence-electron chi connectivity index (χ1n) is 7.29. The fourth-order valence-electron chi connectivity index (χ4n) is 3.32. The Morgan fingerprint density at radius 2 is 2.19 bits per heavy atom. The Morgan fingerprint density at radius 1 is 1.38 bits per heavy atom. The highest BCUT2D eigenvalue weighted by atomic mass is 79.9. The minimum Gasteiger partial charge on any atom is -0.494 e. The van der Waals surface area contributed by atoms with Gasteiger partial charge in [0.25, 0.3) is 0 Å². The van der Waals surface area contributed by atoms with Crippen LogP contribution in [0.15, 0.2) is 28.7 Å². The van der Waals surface area contributed by atoms with E-state index in [4.69, 9.17) is 4.74 Å². The summed E-state index contributed by atoms with van der Waals surface area (Å²) in [6, 6.07) is 7.80. The number of hydrogen-bond acceptors (Lipinski definition) is 4. The molecule has 1 N–H and O–H groups in total. The standard InChI is InChI=1S/C15H20BrNO3S/c16-13-2-1-3-14(8-13)20-6-5-15(10-17-11-15)12-4-7-21(18,19)9-12/h1-3,8,12,17H,4-7,9-11H2. The summed E-state index contributed by atoms with van der Waals surface area (Å²) in [6.45, 7) is 2.46. The van der Waals surface area contributed by atoms with Crippen LogP contribution in [-0.4, -0.2) is 39.6 Å². The molecule has 0 bridgehead atoms. The first kappa shape index (κ1) is 15.3. The van der Waals surface area contributed by atoms with E-state index in [1.54, 1.807) is 0 Å². The first-order valence-corrected chi connectivity index (χ1v) is 9.90. The van der Waals surface area contributed by atoms with Crippen LogP contribution in [0.2, 0.25) is 0 Å².